The maximum absolute atomic E-state index is 12.8. The number of likely N-dealkylation sites (N-methyl/N-ethyl adjacent to an activating group) is 1. The van der Waals surface area contributed by atoms with Gasteiger partial charge in [0.05, 0.1) is 15.5 Å². The van der Waals surface area contributed by atoms with E-state index in [0.29, 0.717) is 18.3 Å². The van der Waals surface area contributed by atoms with Gasteiger partial charge in [-0.3, -0.25) is 9.52 Å². The van der Waals surface area contributed by atoms with Crippen LogP contribution in [0.3, 0.4) is 0 Å². The van der Waals surface area contributed by atoms with E-state index < -0.39 is 10.0 Å². The van der Waals surface area contributed by atoms with E-state index in [2.05, 4.69) is 21.9 Å². The van der Waals surface area contributed by atoms with Crippen molar-refractivity contribution in [2.24, 2.45) is 0 Å². The van der Waals surface area contributed by atoms with Crippen LogP contribution in [0.2, 0.25) is 5.02 Å². The van der Waals surface area contributed by atoms with Crippen LogP contribution in [-0.2, 0) is 16.4 Å². The molecule has 0 aliphatic heterocycles. The van der Waals surface area contributed by atoms with Crippen molar-refractivity contribution in [1.29, 1.82) is 0 Å². The molecule has 1 saturated carbocycles. The van der Waals surface area contributed by atoms with Crippen molar-refractivity contribution in [3.63, 3.8) is 0 Å². The summed E-state index contributed by atoms with van der Waals surface area (Å²) in [6.45, 7) is 3.35. The van der Waals surface area contributed by atoms with Crippen molar-refractivity contribution in [1.82, 2.24) is 10.2 Å². The third-order valence-electron chi connectivity index (χ3n) is 5.44. The molecule has 0 saturated heterocycles. The Morgan fingerprint density at radius 1 is 1.16 bits per heavy atom. The van der Waals surface area contributed by atoms with Crippen LogP contribution < -0.4 is 10.0 Å². The SMILES string of the molecule is CCCCc1ccc(NS(=O)(=O)c2ccc(Cl)c(C(=O)NCCN(C)C3CC3)c2)cc1. The number of aryl methyl sites for hydroxylation is 1. The highest BCUT2D eigenvalue weighted by molar-refractivity contribution is 7.92. The van der Waals surface area contributed by atoms with E-state index in [-0.39, 0.29) is 21.4 Å². The second-order valence-corrected chi connectivity index (χ2v) is 10.1. The van der Waals surface area contributed by atoms with Gasteiger partial charge in [-0.05, 0) is 68.6 Å². The number of carbonyl (C=O) groups is 1. The first kappa shape index (κ1) is 23.6. The van der Waals surface area contributed by atoms with Gasteiger partial charge >= 0.3 is 0 Å². The molecular formula is C23H30ClN3O3S. The predicted octanol–water partition coefficient (Wildman–Crippen LogP) is 4.31. The summed E-state index contributed by atoms with van der Waals surface area (Å²) < 4.78 is 28.2. The van der Waals surface area contributed by atoms with Gasteiger partial charge in [-0.15, -0.1) is 0 Å². The minimum absolute atomic E-state index is 0.00721. The van der Waals surface area contributed by atoms with Gasteiger partial charge in [-0.1, -0.05) is 37.1 Å². The molecule has 8 heteroatoms. The van der Waals surface area contributed by atoms with Gasteiger partial charge in [0.1, 0.15) is 0 Å². The normalized spacial score (nSPS) is 13.9. The zero-order valence-corrected chi connectivity index (χ0v) is 19.6. The van der Waals surface area contributed by atoms with Crippen LogP contribution in [0.25, 0.3) is 0 Å². The van der Waals surface area contributed by atoms with Crippen LogP contribution in [-0.4, -0.2) is 45.4 Å². The second kappa shape index (κ2) is 10.5. The van der Waals surface area contributed by atoms with Crippen molar-refractivity contribution in [2.45, 2.75) is 50.0 Å². The minimum Gasteiger partial charge on any atom is -0.351 e. The molecule has 1 amide bonds. The summed E-state index contributed by atoms with van der Waals surface area (Å²) in [4.78, 5) is 14.8. The Morgan fingerprint density at radius 3 is 2.52 bits per heavy atom. The molecule has 0 bridgehead atoms. The van der Waals surface area contributed by atoms with Crippen molar-refractivity contribution >= 4 is 33.2 Å². The first-order valence-electron chi connectivity index (χ1n) is 10.7. The molecule has 0 radical (unpaired) electrons. The van der Waals surface area contributed by atoms with E-state index in [9.17, 15) is 13.2 Å². The second-order valence-electron chi connectivity index (χ2n) is 8.02. The van der Waals surface area contributed by atoms with Gasteiger partial charge in [-0.25, -0.2) is 8.42 Å². The largest absolute Gasteiger partial charge is 0.351 e. The number of nitrogens with zero attached hydrogens (tertiary/aromatic N) is 1. The van der Waals surface area contributed by atoms with Crippen LogP contribution in [0.4, 0.5) is 5.69 Å². The summed E-state index contributed by atoms with van der Waals surface area (Å²) in [6, 6.07) is 12.1. The number of nitrogens with one attached hydrogen (secondary N) is 2. The van der Waals surface area contributed by atoms with Crippen molar-refractivity contribution in [2.75, 3.05) is 24.9 Å². The maximum atomic E-state index is 12.8. The first-order valence-corrected chi connectivity index (χ1v) is 12.6. The molecule has 1 aliphatic carbocycles. The highest BCUT2D eigenvalue weighted by Crippen LogP contribution is 2.25. The van der Waals surface area contributed by atoms with Crippen LogP contribution >= 0.6 is 11.6 Å². The molecule has 0 heterocycles. The van der Waals surface area contributed by atoms with E-state index in [1.807, 2.05) is 19.2 Å². The van der Waals surface area contributed by atoms with Gasteiger partial charge in [0.2, 0.25) is 0 Å². The summed E-state index contributed by atoms with van der Waals surface area (Å²) in [5, 5.41) is 3.04. The van der Waals surface area contributed by atoms with E-state index in [0.717, 1.165) is 25.8 Å². The molecule has 2 aromatic carbocycles. The standard InChI is InChI=1S/C23H30ClN3O3S/c1-3-4-5-17-6-8-18(9-7-17)26-31(29,30)20-12-13-22(24)21(16-20)23(28)25-14-15-27(2)19-10-11-19/h6-9,12-13,16,19,26H,3-5,10-11,14-15H2,1-2H3,(H,25,28). The number of amides is 1. The molecule has 3 rings (SSSR count). The van der Waals surface area contributed by atoms with Gasteiger partial charge in [-0.2, -0.15) is 0 Å². The fourth-order valence-corrected chi connectivity index (χ4v) is 4.61. The van der Waals surface area contributed by atoms with Crippen LogP contribution in [0.15, 0.2) is 47.4 Å². The molecule has 0 spiro atoms. The zero-order chi connectivity index (χ0) is 22.4. The number of hydrogen-bond acceptors (Lipinski definition) is 4. The van der Waals surface area contributed by atoms with E-state index in [4.69, 9.17) is 11.6 Å². The van der Waals surface area contributed by atoms with E-state index in [1.165, 1.54) is 36.6 Å². The molecule has 2 aromatic rings. The molecule has 168 valence electrons. The molecule has 2 N–H and O–H groups in total. The number of benzene rings is 2. The molecule has 1 fully saturated rings. The van der Waals surface area contributed by atoms with Gasteiger partial charge < -0.3 is 10.2 Å². The Balaban J connectivity index is 1.66. The monoisotopic (exact) mass is 463 g/mol. The summed E-state index contributed by atoms with van der Waals surface area (Å²) in [6.07, 6.45) is 5.57. The van der Waals surface area contributed by atoms with Gasteiger partial charge in [0, 0.05) is 24.8 Å². The average molecular weight is 464 g/mol. The van der Waals surface area contributed by atoms with Crippen molar-refractivity contribution in [3.8, 4) is 0 Å². The Hall–Kier alpha value is -2.09. The van der Waals surface area contributed by atoms with E-state index >= 15 is 0 Å². The zero-order valence-electron chi connectivity index (χ0n) is 18.0. The lowest BCUT2D eigenvalue weighted by Gasteiger charge is -2.16. The number of anilines is 1. The molecule has 0 unspecified atom stereocenters. The maximum Gasteiger partial charge on any atom is 0.261 e. The van der Waals surface area contributed by atoms with Crippen LogP contribution in [0, 0.1) is 0 Å². The molecule has 31 heavy (non-hydrogen) atoms. The fourth-order valence-electron chi connectivity index (χ4n) is 3.32. The number of unbranched alkanes of at least 4 members (excludes halogenated alkanes) is 1. The number of hydrogen-bond donors (Lipinski definition) is 2. The Morgan fingerprint density at radius 2 is 1.87 bits per heavy atom. The number of halogens is 1. The molecular weight excluding hydrogens is 434 g/mol. The third-order valence-corrected chi connectivity index (χ3v) is 7.15. The van der Waals surface area contributed by atoms with Crippen LogP contribution in [0.5, 0.6) is 0 Å². The molecule has 0 aromatic heterocycles. The summed E-state index contributed by atoms with van der Waals surface area (Å²) in [7, 11) is -1.82. The lowest BCUT2D eigenvalue weighted by Crippen LogP contribution is -2.34. The predicted molar refractivity (Wildman–Crippen MR) is 125 cm³/mol. The average Bonchev–Trinajstić information content (AvgIpc) is 3.58. The Bertz CT molecular complexity index is 1010. The van der Waals surface area contributed by atoms with Crippen LogP contribution in [0.1, 0.15) is 48.5 Å². The quantitative estimate of drug-likeness (QED) is 0.520. The van der Waals surface area contributed by atoms with Gasteiger partial charge in [0.15, 0.2) is 0 Å². The highest BCUT2D eigenvalue weighted by Gasteiger charge is 2.25. The van der Waals surface area contributed by atoms with Gasteiger partial charge in [0.25, 0.3) is 15.9 Å². The third kappa shape index (κ3) is 6.69. The summed E-state index contributed by atoms with van der Waals surface area (Å²) >= 11 is 6.18. The molecule has 6 nitrogen and oxygen atoms in total. The Kier molecular flexibility index (Phi) is 7.97. The van der Waals surface area contributed by atoms with Crippen molar-refractivity contribution < 1.29 is 13.2 Å². The highest BCUT2D eigenvalue weighted by atomic mass is 35.5. The Labute approximate surface area is 190 Å². The first-order chi connectivity index (χ1) is 14.8. The fraction of sp³-hybridized carbons (Fsp3) is 0.435. The molecule has 1 aliphatic rings. The number of sulfonamides is 1. The topological polar surface area (TPSA) is 78.5 Å². The summed E-state index contributed by atoms with van der Waals surface area (Å²) in [5.41, 5.74) is 1.79. The number of carbonyl (C=O) groups excluding carboxylic acids is 1. The minimum atomic E-state index is -3.85. The summed E-state index contributed by atoms with van der Waals surface area (Å²) in [5.74, 6) is -0.383. The van der Waals surface area contributed by atoms with Crippen molar-refractivity contribution in [3.05, 3.63) is 58.6 Å². The lowest BCUT2D eigenvalue weighted by atomic mass is 10.1. The lowest BCUT2D eigenvalue weighted by molar-refractivity contribution is 0.0949. The van der Waals surface area contributed by atoms with E-state index in [1.54, 1.807) is 12.1 Å². The number of rotatable bonds is 11. The smallest absolute Gasteiger partial charge is 0.261 e. The molecule has 0 atom stereocenters.